The minimum absolute atomic E-state index is 0.0119. The summed E-state index contributed by atoms with van der Waals surface area (Å²) in [7, 11) is 3.95. The molecule has 0 spiro atoms. The first-order valence-electron chi connectivity index (χ1n) is 7.24. The number of carbonyl (C=O) groups excluding carboxylic acids is 1. The molecular weight excluding hydrogens is 268 g/mol. The molecule has 1 fully saturated rings. The maximum Gasteiger partial charge on any atom is 0.227 e. The number of piperidine rings is 1. The van der Waals surface area contributed by atoms with Crippen molar-refractivity contribution < 1.29 is 15.0 Å². The van der Waals surface area contributed by atoms with Crippen LogP contribution in [0, 0.1) is 0 Å². The van der Waals surface area contributed by atoms with Gasteiger partial charge in [0.15, 0.2) is 0 Å². The fraction of sp³-hybridized carbons (Fsp3) is 0.562. The van der Waals surface area contributed by atoms with Crippen molar-refractivity contribution in [2.24, 2.45) is 0 Å². The van der Waals surface area contributed by atoms with Crippen LogP contribution in [0.5, 0.6) is 0 Å². The molecule has 5 nitrogen and oxygen atoms in total. The molecule has 5 heteroatoms. The van der Waals surface area contributed by atoms with E-state index in [0.29, 0.717) is 19.4 Å². The zero-order chi connectivity index (χ0) is 15.6. The van der Waals surface area contributed by atoms with Crippen LogP contribution < -0.4 is 4.90 Å². The maximum atomic E-state index is 12.3. The number of benzene rings is 1. The van der Waals surface area contributed by atoms with Crippen molar-refractivity contribution >= 4 is 11.6 Å². The van der Waals surface area contributed by atoms with Crippen LogP contribution in [0.4, 0.5) is 5.69 Å². The Labute approximate surface area is 125 Å². The highest BCUT2D eigenvalue weighted by Crippen LogP contribution is 2.22. The van der Waals surface area contributed by atoms with E-state index in [0.717, 1.165) is 11.3 Å². The summed E-state index contributed by atoms with van der Waals surface area (Å²) in [5.74, 6) is -0.0119. The average Bonchev–Trinajstić information content (AvgIpc) is 2.42. The molecule has 1 aliphatic heterocycles. The molecule has 1 aromatic rings. The number of hydrogen-bond acceptors (Lipinski definition) is 4. The molecule has 2 atom stereocenters. The summed E-state index contributed by atoms with van der Waals surface area (Å²) >= 11 is 0. The van der Waals surface area contributed by atoms with E-state index in [9.17, 15) is 15.0 Å². The molecule has 1 aromatic carbocycles. The van der Waals surface area contributed by atoms with Crippen molar-refractivity contribution in [3.05, 3.63) is 29.8 Å². The molecule has 0 aliphatic carbocycles. The third kappa shape index (κ3) is 3.74. The number of aliphatic hydroxyl groups is 2. The highest BCUT2D eigenvalue weighted by Gasteiger charge is 2.37. The molecule has 1 aliphatic rings. The van der Waals surface area contributed by atoms with E-state index in [1.807, 2.05) is 43.3 Å². The van der Waals surface area contributed by atoms with Crippen molar-refractivity contribution in [1.82, 2.24) is 4.90 Å². The van der Waals surface area contributed by atoms with Gasteiger partial charge in [0.2, 0.25) is 5.91 Å². The van der Waals surface area contributed by atoms with Gasteiger partial charge in [-0.25, -0.2) is 0 Å². The molecule has 0 radical (unpaired) electrons. The van der Waals surface area contributed by atoms with Crippen LogP contribution in [0.25, 0.3) is 0 Å². The van der Waals surface area contributed by atoms with Crippen LogP contribution in [0.1, 0.15) is 18.9 Å². The van der Waals surface area contributed by atoms with Gasteiger partial charge in [0.25, 0.3) is 0 Å². The second-order valence-corrected chi connectivity index (χ2v) is 6.20. The summed E-state index contributed by atoms with van der Waals surface area (Å²) < 4.78 is 0. The third-order valence-electron chi connectivity index (χ3n) is 4.16. The topological polar surface area (TPSA) is 64.0 Å². The lowest BCUT2D eigenvalue weighted by Crippen LogP contribution is -2.55. The number of nitrogens with zero attached hydrogens (tertiary/aromatic N) is 2. The largest absolute Gasteiger partial charge is 0.388 e. The van der Waals surface area contributed by atoms with Crippen LogP contribution >= 0.6 is 0 Å². The van der Waals surface area contributed by atoms with Crippen LogP contribution in [-0.4, -0.2) is 59.9 Å². The number of rotatable bonds is 3. The first-order valence-corrected chi connectivity index (χ1v) is 7.24. The first-order chi connectivity index (χ1) is 9.79. The van der Waals surface area contributed by atoms with Gasteiger partial charge in [0, 0.05) is 32.9 Å². The molecule has 1 heterocycles. The average molecular weight is 292 g/mol. The van der Waals surface area contributed by atoms with Crippen LogP contribution in [0.2, 0.25) is 0 Å². The summed E-state index contributed by atoms with van der Waals surface area (Å²) in [5, 5.41) is 19.8. The highest BCUT2D eigenvalue weighted by molar-refractivity contribution is 5.79. The number of amides is 1. The van der Waals surface area contributed by atoms with Gasteiger partial charge in [-0.3, -0.25) is 4.79 Å². The van der Waals surface area contributed by atoms with E-state index in [-0.39, 0.29) is 12.5 Å². The molecule has 0 unspecified atom stereocenters. The Hall–Kier alpha value is -1.59. The molecular formula is C16H24N2O3. The summed E-state index contributed by atoms with van der Waals surface area (Å²) in [4.78, 5) is 15.9. The van der Waals surface area contributed by atoms with Gasteiger partial charge >= 0.3 is 0 Å². The van der Waals surface area contributed by atoms with E-state index in [2.05, 4.69) is 0 Å². The molecule has 0 bridgehead atoms. The Morgan fingerprint density at radius 1 is 1.38 bits per heavy atom. The number of anilines is 1. The van der Waals surface area contributed by atoms with E-state index in [4.69, 9.17) is 0 Å². The first kappa shape index (κ1) is 15.8. The number of hydrogen-bond donors (Lipinski definition) is 2. The van der Waals surface area contributed by atoms with Gasteiger partial charge in [-0.1, -0.05) is 12.1 Å². The van der Waals surface area contributed by atoms with Gasteiger partial charge in [0.1, 0.15) is 0 Å². The predicted octanol–water partition coefficient (Wildman–Crippen LogP) is 0.639. The second kappa shape index (κ2) is 6.03. The van der Waals surface area contributed by atoms with Gasteiger partial charge in [-0.2, -0.15) is 0 Å². The Morgan fingerprint density at radius 3 is 2.52 bits per heavy atom. The van der Waals surface area contributed by atoms with Crippen molar-refractivity contribution in [3.63, 3.8) is 0 Å². The molecule has 1 saturated heterocycles. The lowest BCUT2D eigenvalue weighted by atomic mass is 9.90. The van der Waals surface area contributed by atoms with Gasteiger partial charge < -0.3 is 20.0 Å². The zero-order valence-corrected chi connectivity index (χ0v) is 12.9. The minimum atomic E-state index is -1.09. The van der Waals surface area contributed by atoms with Crippen molar-refractivity contribution in [2.75, 3.05) is 32.1 Å². The number of aliphatic hydroxyl groups excluding tert-OH is 1. The number of carbonyl (C=O) groups is 1. The van der Waals surface area contributed by atoms with Gasteiger partial charge in [0.05, 0.1) is 18.1 Å². The third-order valence-corrected chi connectivity index (χ3v) is 4.16. The molecule has 0 aromatic heterocycles. The quantitative estimate of drug-likeness (QED) is 0.858. The molecule has 2 N–H and O–H groups in total. The van der Waals surface area contributed by atoms with E-state index >= 15 is 0 Å². The maximum absolute atomic E-state index is 12.3. The molecule has 1 amide bonds. The van der Waals surface area contributed by atoms with Crippen molar-refractivity contribution in [3.8, 4) is 0 Å². The number of β-amino-alcohol motifs (C(OH)–C–C–N with tert-alkyl or cyclic N) is 1. The monoisotopic (exact) mass is 292 g/mol. The second-order valence-electron chi connectivity index (χ2n) is 6.20. The molecule has 21 heavy (non-hydrogen) atoms. The number of likely N-dealkylation sites (tertiary alicyclic amines) is 1. The summed E-state index contributed by atoms with van der Waals surface area (Å²) in [6, 6.07) is 7.87. The summed E-state index contributed by atoms with van der Waals surface area (Å²) in [5.41, 5.74) is 0.956. The van der Waals surface area contributed by atoms with E-state index in [1.54, 1.807) is 11.8 Å². The Kier molecular flexibility index (Phi) is 4.54. The lowest BCUT2D eigenvalue weighted by Gasteiger charge is -2.40. The lowest BCUT2D eigenvalue weighted by molar-refractivity contribution is -0.145. The normalized spacial score (nSPS) is 25.8. The van der Waals surface area contributed by atoms with Crippen molar-refractivity contribution in [1.29, 1.82) is 0 Å². The van der Waals surface area contributed by atoms with Gasteiger partial charge in [-0.05, 0) is 31.0 Å². The fourth-order valence-corrected chi connectivity index (χ4v) is 2.45. The standard InChI is InChI=1S/C16H24N2O3/c1-16(21)8-9-18(11-14(16)19)15(20)10-12-4-6-13(7-5-12)17(2)3/h4-7,14,19,21H,8-11H2,1-3H3/t14-,16-/m0/s1. The Morgan fingerprint density at radius 2 is 2.00 bits per heavy atom. The Bertz CT molecular complexity index is 497. The minimum Gasteiger partial charge on any atom is -0.388 e. The molecule has 2 rings (SSSR count). The zero-order valence-electron chi connectivity index (χ0n) is 12.9. The van der Waals surface area contributed by atoms with Crippen LogP contribution in [-0.2, 0) is 11.2 Å². The summed E-state index contributed by atoms with van der Waals surface area (Å²) in [6.07, 6.45) is -0.159. The molecule has 116 valence electrons. The SMILES string of the molecule is CN(C)c1ccc(CC(=O)N2CC[C@](C)(O)[C@@H](O)C2)cc1. The molecule has 0 saturated carbocycles. The Balaban J connectivity index is 1.96. The summed E-state index contributed by atoms with van der Waals surface area (Å²) in [6.45, 7) is 2.29. The fourth-order valence-electron chi connectivity index (χ4n) is 2.45. The van der Waals surface area contributed by atoms with Crippen molar-refractivity contribution in [2.45, 2.75) is 31.5 Å². The smallest absolute Gasteiger partial charge is 0.227 e. The highest BCUT2D eigenvalue weighted by atomic mass is 16.3. The van der Waals surface area contributed by atoms with Crippen LogP contribution in [0.3, 0.4) is 0 Å². The predicted molar refractivity (Wildman–Crippen MR) is 82.3 cm³/mol. The van der Waals surface area contributed by atoms with E-state index < -0.39 is 11.7 Å². The van der Waals surface area contributed by atoms with Crippen LogP contribution in [0.15, 0.2) is 24.3 Å². The van der Waals surface area contributed by atoms with Gasteiger partial charge in [-0.15, -0.1) is 0 Å². The van der Waals surface area contributed by atoms with E-state index in [1.165, 1.54) is 0 Å².